The zero-order chi connectivity index (χ0) is 14.5. The highest BCUT2D eigenvalue weighted by atomic mass is 35.5. The van der Waals surface area contributed by atoms with Crippen LogP contribution in [0.15, 0.2) is 18.2 Å². The molecule has 0 bridgehead atoms. The smallest absolute Gasteiger partial charge is 0.243 e. The molecule has 20 heavy (non-hydrogen) atoms. The molecular formula is C13H16ClN3O3. The Bertz CT molecular complexity index is 516. The van der Waals surface area contributed by atoms with Gasteiger partial charge in [0.15, 0.2) is 0 Å². The van der Waals surface area contributed by atoms with Crippen molar-refractivity contribution in [2.75, 3.05) is 30.4 Å². The maximum atomic E-state index is 12.1. The lowest BCUT2D eigenvalue weighted by Crippen LogP contribution is -2.48. The Labute approximate surface area is 121 Å². The number of anilines is 2. The number of halogens is 1. The molecule has 0 saturated carbocycles. The average Bonchev–Trinajstić information content (AvgIpc) is 2.43. The quantitative estimate of drug-likeness (QED) is 0.784. The van der Waals surface area contributed by atoms with Gasteiger partial charge in [0.1, 0.15) is 6.04 Å². The van der Waals surface area contributed by atoms with Crippen LogP contribution in [0, 0.1) is 0 Å². The highest BCUT2D eigenvalue weighted by Gasteiger charge is 2.21. The molecule has 1 unspecified atom stereocenters. The predicted octanol–water partition coefficient (Wildman–Crippen LogP) is 1.23. The number of hydrogen-bond acceptors (Lipinski definition) is 4. The summed E-state index contributed by atoms with van der Waals surface area (Å²) < 4.78 is 5.23. The zero-order valence-corrected chi connectivity index (χ0v) is 11.8. The first kappa shape index (κ1) is 14.8. The fourth-order valence-electron chi connectivity index (χ4n) is 1.86. The largest absolute Gasteiger partial charge is 0.378 e. The maximum absolute atomic E-state index is 12.1. The van der Waals surface area contributed by atoms with E-state index in [4.69, 9.17) is 16.3 Å². The summed E-state index contributed by atoms with van der Waals surface area (Å²) in [5.41, 5.74) is 1.03. The van der Waals surface area contributed by atoms with Gasteiger partial charge in [0.25, 0.3) is 0 Å². The van der Waals surface area contributed by atoms with Crippen molar-refractivity contribution in [2.45, 2.75) is 13.0 Å². The van der Waals surface area contributed by atoms with Crippen molar-refractivity contribution in [1.82, 2.24) is 5.32 Å². The second-order valence-electron chi connectivity index (χ2n) is 4.45. The van der Waals surface area contributed by atoms with Gasteiger partial charge in [-0.05, 0) is 18.2 Å². The SMILES string of the molecule is CC(=O)Nc1ccc(Cl)c(NC(=O)C2COCCN2)c1. The lowest BCUT2D eigenvalue weighted by molar-refractivity contribution is -0.120. The molecule has 1 aromatic rings. The van der Waals surface area contributed by atoms with Crippen LogP contribution in [0.5, 0.6) is 0 Å². The van der Waals surface area contributed by atoms with E-state index in [9.17, 15) is 9.59 Å². The van der Waals surface area contributed by atoms with Gasteiger partial charge in [0.05, 0.1) is 23.9 Å². The van der Waals surface area contributed by atoms with Gasteiger partial charge >= 0.3 is 0 Å². The minimum Gasteiger partial charge on any atom is -0.378 e. The molecule has 1 aliphatic heterocycles. The molecule has 1 atom stereocenters. The Balaban J connectivity index is 2.07. The molecule has 0 aromatic heterocycles. The molecule has 3 N–H and O–H groups in total. The fraction of sp³-hybridized carbons (Fsp3) is 0.385. The van der Waals surface area contributed by atoms with Crippen molar-refractivity contribution in [2.24, 2.45) is 0 Å². The summed E-state index contributed by atoms with van der Waals surface area (Å²) in [6, 6.07) is 4.50. The minimum atomic E-state index is -0.399. The van der Waals surface area contributed by atoms with E-state index in [1.807, 2.05) is 0 Å². The van der Waals surface area contributed by atoms with Gasteiger partial charge in [0, 0.05) is 19.2 Å². The summed E-state index contributed by atoms with van der Waals surface area (Å²) in [4.78, 5) is 23.1. The second-order valence-corrected chi connectivity index (χ2v) is 4.85. The molecule has 1 saturated heterocycles. The van der Waals surface area contributed by atoms with Gasteiger partial charge in [-0.15, -0.1) is 0 Å². The lowest BCUT2D eigenvalue weighted by atomic mass is 10.2. The summed E-state index contributed by atoms with van der Waals surface area (Å²) in [6.07, 6.45) is 0. The lowest BCUT2D eigenvalue weighted by Gasteiger charge is -2.23. The Morgan fingerprint density at radius 1 is 1.40 bits per heavy atom. The van der Waals surface area contributed by atoms with Crippen molar-refractivity contribution >= 4 is 34.8 Å². The molecule has 0 radical (unpaired) electrons. The topological polar surface area (TPSA) is 79.5 Å². The van der Waals surface area contributed by atoms with Crippen LogP contribution in [-0.2, 0) is 14.3 Å². The number of ether oxygens (including phenoxy) is 1. The van der Waals surface area contributed by atoms with E-state index in [-0.39, 0.29) is 11.8 Å². The number of amides is 2. The number of nitrogens with one attached hydrogen (secondary N) is 3. The Morgan fingerprint density at radius 3 is 2.85 bits per heavy atom. The molecule has 1 aromatic carbocycles. The molecule has 1 aliphatic rings. The third kappa shape index (κ3) is 3.93. The molecule has 0 aliphatic carbocycles. The first-order valence-electron chi connectivity index (χ1n) is 6.25. The summed E-state index contributed by atoms with van der Waals surface area (Å²) in [7, 11) is 0. The third-order valence-electron chi connectivity index (χ3n) is 2.78. The summed E-state index contributed by atoms with van der Waals surface area (Å²) in [6.45, 7) is 2.98. The molecule has 1 fully saturated rings. The summed E-state index contributed by atoms with van der Waals surface area (Å²) in [5.74, 6) is -0.404. The van der Waals surface area contributed by atoms with Gasteiger partial charge in [-0.1, -0.05) is 11.6 Å². The molecule has 2 amide bonds. The van der Waals surface area contributed by atoms with E-state index in [1.165, 1.54) is 6.92 Å². The summed E-state index contributed by atoms with van der Waals surface area (Å²) >= 11 is 6.04. The number of hydrogen-bond donors (Lipinski definition) is 3. The van der Waals surface area contributed by atoms with Crippen LogP contribution in [-0.4, -0.2) is 37.6 Å². The zero-order valence-electron chi connectivity index (χ0n) is 11.0. The van der Waals surface area contributed by atoms with Crippen molar-refractivity contribution in [3.8, 4) is 0 Å². The van der Waals surface area contributed by atoms with E-state index < -0.39 is 6.04 Å². The van der Waals surface area contributed by atoms with Crippen LogP contribution >= 0.6 is 11.6 Å². The van der Waals surface area contributed by atoms with E-state index in [1.54, 1.807) is 18.2 Å². The predicted molar refractivity (Wildman–Crippen MR) is 77.0 cm³/mol. The van der Waals surface area contributed by atoms with Crippen LogP contribution in [0.4, 0.5) is 11.4 Å². The van der Waals surface area contributed by atoms with Gasteiger partial charge in [-0.25, -0.2) is 0 Å². The van der Waals surface area contributed by atoms with Crippen molar-refractivity contribution < 1.29 is 14.3 Å². The van der Waals surface area contributed by atoms with Crippen LogP contribution in [0.2, 0.25) is 5.02 Å². The highest BCUT2D eigenvalue weighted by Crippen LogP contribution is 2.25. The van der Waals surface area contributed by atoms with E-state index in [0.29, 0.717) is 36.2 Å². The molecule has 0 spiro atoms. The monoisotopic (exact) mass is 297 g/mol. The standard InChI is InChI=1S/C13H16ClN3O3/c1-8(18)16-9-2-3-10(14)11(6-9)17-13(19)12-7-20-5-4-15-12/h2-3,6,12,15H,4-5,7H2,1H3,(H,16,18)(H,17,19). The first-order valence-corrected chi connectivity index (χ1v) is 6.63. The van der Waals surface area contributed by atoms with Crippen LogP contribution in [0.25, 0.3) is 0 Å². The minimum absolute atomic E-state index is 0.188. The maximum Gasteiger partial charge on any atom is 0.243 e. The van der Waals surface area contributed by atoms with Gasteiger partial charge < -0.3 is 20.7 Å². The highest BCUT2D eigenvalue weighted by molar-refractivity contribution is 6.34. The van der Waals surface area contributed by atoms with Gasteiger partial charge in [-0.2, -0.15) is 0 Å². The van der Waals surface area contributed by atoms with Crippen LogP contribution in [0.3, 0.4) is 0 Å². The third-order valence-corrected chi connectivity index (χ3v) is 3.11. The summed E-state index contributed by atoms with van der Waals surface area (Å²) in [5, 5.41) is 8.83. The van der Waals surface area contributed by atoms with Gasteiger partial charge in [0.2, 0.25) is 11.8 Å². The normalized spacial score (nSPS) is 18.4. The van der Waals surface area contributed by atoms with Crippen LogP contribution < -0.4 is 16.0 Å². The number of carbonyl (C=O) groups is 2. The van der Waals surface area contributed by atoms with Gasteiger partial charge in [-0.3, -0.25) is 9.59 Å². The first-order chi connectivity index (χ1) is 9.56. The number of carbonyl (C=O) groups excluding carboxylic acids is 2. The number of morpholine rings is 1. The van der Waals surface area contributed by atoms with E-state index in [2.05, 4.69) is 16.0 Å². The van der Waals surface area contributed by atoms with E-state index in [0.717, 1.165) is 0 Å². The molecular weight excluding hydrogens is 282 g/mol. The Hall–Kier alpha value is -1.63. The van der Waals surface area contributed by atoms with E-state index >= 15 is 0 Å². The van der Waals surface area contributed by atoms with Crippen molar-refractivity contribution in [3.05, 3.63) is 23.2 Å². The average molecular weight is 298 g/mol. The number of benzene rings is 1. The Kier molecular flexibility index (Phi) is 4.94. The number of rotatable bonds is 3. The molecule has 1 heterocycles. The second kappa shape index (κ2) is 6.69. The molecule has 2 rings (SSSR count). The van der Waals surface area contributed by atoms with Crippen molar-refractivity contribution in [3.63, 3.8) is 0 Å². The molecule has 7 heteroatoms. The van der Waals surface area contributed by atoms with Crippen LogP contribution in [0.1, 0.15) is 6.92 Å². The molecule has 6 nitrogen and oxygen atoms in total. The van der Waals surface area contributed by atoms with Crippen molar-refractivity contribution in [1.29, 1.82) is 0 Å². The Morgan fingerprint density at radius 2 is 2.20 bits per heavy atom. The fourth-order valence-corrected chi connectivity index (χ4v) is 2.02. The molecule has 108 valence electrons.